The van der Waals surface area contributed by atoms with Crippen LogP contribution in [0, 0.1) is 6.92 Å². The zero-order valence-corrected chi connectivity index (χ0v) is 13.5. The van der Waals surface area contributed by atoms with Crippen LogP contribution in [0.1, 0.15) is 22.0 Å². The van der Waals surface area contributed by atoms with Gasteiger partial charge in [-0.3, -0.25) is 4.90 Å². The summed E-state index contributed by atoms with van der Waals surface area (Å²) in [7, 11) is 0. The maximum Gasteiger partial charge on any atom is 0.123 e. The smallest absolute Gasteiger partial charge is 0.123 e. The van der Waals surface area contributed by atoms with Gasteiger partial charge < -0.3 is 10.4 Å². The van der Waals surface area contributed by atoms with Crippen molar-refractivity contribution in [2.45, 2.75) is 13.0 Å². The Kier molecular flexibility index (Phi) is 4.50. The lowest BCUT2D eigenvalue weighted by molar-refractivity contribution is 0.198. The van der Waals surface area contributed by atoms with Gasteiger partial charge in [0.15, 0.2) is 0 Å². The molecule has 1 fully saturated rings. The molecule has 112 valence electrons. The van der Waals surface area contributed by atoms with Gasteiger partial charge in [0.1, 0.15) is 5.75 Å². The summed E-state index contributed by atoms with van der Waals surface area (Å²) in [6.45, 7) is 5.78. The number of benzene rings is 1. The SMILES string of the molecule is Cc1cc(Cl)cc([C@H](c2cccs2)N2CCNCC2)c1O. The molecule has 0 aliphatic carbocycles. The quantitative estimate of drug-likeness (QED) is 0.909. The maximum absolute atomic E-state index is 10.5. The number of thiophene rings is 1. The highest BCUT2D eigenvalue weighted by Crippen LogP contribution is 2.39. The molecule has 0 radical (unpaired) electrons. The summed E-state index contributed by atoms with van der Waals surface area (Å²) >= 11 is 7.95. The van der Waals surface area contributed by atoms with E-state index in [0.29, 0.717) is 10.8 Å². The van der Waals surface area contributed by atoms with Gasteiger partial charge in [0.2, 0.25) is 0 Å². The number of piperazine rings is 1. The van der Waals surface area contributed by atoms with E-state index in [9.17, 15) is 5.11 Å². The van der Waals surface area contributed by atoms with Crippen LogP contribution in [-0.2, 0) is 0 Å². The fourth-order valence-corrected chi connectivity index (χ4v) is 4.04. The molecule has 2 N–H and O–H groups in total. The Balaban J connectivity index is 2.07. The van der Waals surface area contributed by atoms with Crippen LogP contribution in [0.5, 0.6) is 5.75 Å². The number of aryl methyl sites for hydroxylation is 1. The number of hydrogen-bond acceptors (Lipinski definition) is 4. The molecule has 1 aliphatic rings. The fourth-order valence-electron chi connectivity index (χ4n) is 2.89. The maximum atomic E-state index is 10.5. The van der Waals surface area contributed by atoms with E-state index in [1.54, 1.807) is 11.3 Å². The topological polar surface area (TPSA) is 35.5 Å². The minimum absolute atomic E-state index is 0.0736. The van der Waals surface area contributed by atoms with Crippen LogP contribution in [0.3, 0.4) is 0 Å². The summed E-state index contributed by atoms with van der Waals surface area (Å²) in [5, 5.41) is 16.7. The molecule has 0 saturated carbocycles. The summed E-state index contributed by atoms with van der Waals surface area (Å²) in [5.41, 5.74) is 1.73. The molecule has 0 bridgehead atoms. The van der Waals surface area contributed by atoms with Crippen LogP contribution in [0.2, 0.25) is 5.02 Å². The molecule has 0 amide bonds. The third kappa shape index (κ3) is 3.09. The molecule has 1 aliphatic heterocycles. The van der Waals surface area contributed by atoms with Crippen molar-refractivity contribution in [1.82, 2.24) is 10.2 Å². The lowest BCUT2D eigenvalue weighted by atomic mass is 9.99. The molecule has 3 rings (SSSR count). The summed E-state index contributed by atoms with van der Waals surface area (Å²) in [6, 6.07) is 7.97. The van der Waals surface area contributed by atoms with E-state index in [4.69, 9.17) is 11.6 Å². The average Bonchev–Trinajstić information content (AvgIpc) is 2.99. The molecule has 3 nitrogen and oxygen atoms in total. The normalized spacial score (nSPS) is 17.8. The first kappa shape index (κ1) is 14.9. The molecular formula is C16H19ClN2OS. The lowest BCUT2D eigenvalue weighted by Crippen LogP contribution is -2.45. The van der Waals surface area contributed by atoms with E-state index in [1.807, 2.05) is 19.1 Å². The predicted octanol–water partition coefficient (Wildman–Crippen LogP) is 3.41. The van der Waals surface area contributed by atoms with Gasteiger partial charge in [-0.1, -0.05) is 17.7 Å². The number of hydrogen-bond donors (Lipinski definition) is 2. The van der Waals surface area contributed by atoms with Crippen molar-refractivity contribution < 1.29 is 5.11 Å². The number of phenols is 1. The van der Waals surface area contributed by atoms with Gasteiger partial charge in [0.05, 0.1) is 6.04 Å². The predicted molar refractivity (Wildman–Crippen MR) is 88.5 cm³/mol. The second-order valence-electron chi connectivity index (χ2n) is 5.36. The van der Waals surface area contributed by atoms with Crippen molar-refractivity contribution in [2.75, 3.05) is 26.2 Å². The summed E-state index contributed by atoms with van der Waals surface area (Å²) in [4.78, 5) is 3.65. The average molecular weight is 323 g/mol. The third-order valence-electron chi connectivity index (χ3n) is 3.92. The van der Waals surface area contributed by atoms with Gasteiger partial charge in [-0.25, -0.2) is 0 Å². The third-order valence-corrected chi connectivity index (χ3v) is 5.06. The number of nitrogens with one attached hydrogen (secondary N) is 1. The Morgan fingerprint density at radius 1 is 1.33 bits per heavy atom. The first-order valence-electron chi connectivity index (χ1n) is 7.14. The van der Waals surface area contributed by atoms with E-state index >= 15 is 0 Å². The van der Waals surface area contributed by atoms with Gasteiger partial charge in [-0.15, -0.1) is 11.3 Å². The van der Waals surface area contributed by atoms with Crippen LogP contribution in [-0.4, -0.2) is 36.2 Å². The molecule has 0 unspecified atom stereocenters. The summed E-state index contributed by atoms with van der Waals surface area (Å²) < 4.78 is 0. The first-order chi connectivity index (χ1) is 10.2. The number of aromatic hydroxyl groups is 1. The van der Waals surface area contributed by atoms with Crippen LogP contribution in [0.4, 0.5) is 0 Å². The molecule has 0 spiro atoms. The standard InChI is InChI=1S/C16H19ClN2OS/c1-11-9-12(17)10-13(16(11)20)15(14-3-2-8-21-14)19-6-4-18-5-7-19/h2-3,8-10,15,18,20H,4-7H2,1H3/t15-/m1/s1. The first-order valence-corrected chi connectivity index (χ1v) is 8.40. The van der Waals surface area contributed by atoms with Crippen LogP contribution in [0.15, 0.2) is 29.6 Å². The van der Waals surface area contributed by atoms with E-state index in [1.165, 1.54) is 4.88 Å². The van der Waals surface area contributed by atoms with Crippen LogP contribution in [0.25, 0.3) is 0 Å². The second kappa shape index (κ2) is 6.36. The highest BCUT2D eigenvalue weighted by Gasteiger charge is 2.27. The van der Waals surface area contributed by atoms with Crippen LogP contribution < -0.4 is 5.32 Å². The minimum atomic E-state index is 0.0736. The fraction of sp³-hybridized carbons (Fsp3) is 0.375. The minimum Gasteiger partial charge on any atom is -0.507 e. The molecule has 5 heteroatoms. The summed E-state index contributed by atoms with van der Waals surface area (Å²) in [5.74, 6) is 0.358. The highest BCUT2D eigenvalue weighted by atomic mass is 35.5. The lowest BCUT2D eigenvalue weighted by Gasteiger charge is -2.35. The Morgan fingerprint density at radius 3 is 2.76 bits per heavy atom. The van der Waals surface area contributed by atoms with E-state index in [-0.39, 0.29) is 6.04 Å². The molecule has 21 heavy (non-hydrogen) atoms. The monoisotopic (exact) mass is 322 g/mol. The van der Waals surface area contributed by atoms with Gasteiger partial charge in [0, 0.05) is 41.6 Å². The van der Waals surface area contributed by atoms with E-state index in [2.05, 4.69) is 27.7 Å². The number of rotatable bonds is 3. The van der Waals surface area contributed by atoms with Crippen molar-refractivity contribution in [2.24, 2.45) is 0 Å². The van der Waals surface area contributed by atoms with Crippen molar-refractivity contribution in [3.63, 3.8) is 0 Å². The van der Waals surface area contributed by atoms with Crippen molar-refractivity contribution in [1.29, 1.82) is 0 Å². The molecular weight excluding hydrogens is 304 g/mol. The zero-order valence-electron chi connectivity index (χ0n) is 12.0. The molecule has 1 aromatic carbocycles. The Labute approximate surface area is 134 Å². The molecule has 1 atom stereocenters. The van der Waals surface area contributed by atoms with Gasteiger partial charge in [-0.2, -0.15) is 0 Å². The van der Waals surface area contributed by atoms with Gasteiger partial charge in [-0.05, 0) is 36.1 Å². The summed E-state index contributed by atoms with van der Waals surface area (Å²) in [6.07, 6.45) is 0. The van der Waals surface area contributed by atoms with Crippen LogP contribution >= 0.6 is 22.9 Å². The van der Waals surface area contributed by atoms with Crippen molar-refractivity contribution in [3.05, 3.63) is 50.7 Å². The molecule has 1 aromatic heterocycles. The zero-order chi connectivity index (χ0) is 14.8. The van der Waals surface area contributed by atoms with Gasteiger partial charge >= 0.3 is 0 Å². The van der Waals surface area contributed by atoms with Gasteiger partial charge in [0.25, 0.3) is 0 Å². The van der Waals surface area contributed by atoms with E-state index in [0.717, 1.165) is 37.3 Å². The van der Waals surface area contributed by atoms with E-state index < -0.39 is 0 Å². The molecule has 2 aromatic rings. The van der Waals surface area contributed by atoms with Crippen molar-refractivity contribution in [3.8, 4) is 5.75 Å². The number of halogens is 1. The number of nitrogens with zero attached hydrogens (tertiary/aromatic N) is 1. The molecule has 1 saturated heterocycles. The highest BCUT2D eigenvalue weighted by molar-refractivity contribution is 7.10. The Morgan fingerprint density at radius 2 is 2.10 bits per heavy atom. The molecule has 2 heterocycles. The number of phenolic OH excluding ortho intramolecular Hbond substituents is 1. The van der Waals surface area contributed by atoms with Crippen molar-refractivity contribution >= 4 is 22.9 Å². The second-order valence-corrected chi connectivity index (χ2v) is 6.78. The Hall–Kier alpha value is -1.07. The largest absolute Gasteiger partial charge is 0.507 e. The Bertz CT molecular complexity index is 609.